The lowest BCUT2D eigenvalue weighted by molar-refractivity contribution is 0.477. The number of nitrogens with two attached hydrogens (primary N) is 1. The molecule has 0 unspecified atom stereocenters. The van der Waals surface area contributed by atoms with Gasteiger partial charge in [-0.1, -0.05) is 30.3 Å². The van der Waals surface area contributed by atoms with Gasteiger partial charge in [-0.2, -0.15) is 5.26 Å². The molecule has 21 heavy (non-hydrogen) atoms. The van der Waals surface area contributed by atoms with E-state index in [0.29, 0.717) is 11.3 Å². The van der Waals surface area contributed by atoms with Crippen LogP contribution in [0.2, 0.25) is 0 Å². The molecule has 0 radical (unpaired) electrons. The molecule has 0 aliphatic carbocycles. The first kappa shape index (κ1) is 12.8. The molecule has 0 amide bonds. The Labute approximate surface area is 121 Å². The minimum absolute atomic E-state index is 0.0751. The molecule has 3 N–H and O–H groups in total. The zero-order chi connectivity index (χ0) is 14.8. The van der Waals surface area contributed by atoms with Crippen LogP contribution in [0.5, 0.6) is 5.75 Å². The van der Waals surface area contributed by atoms with E-state index >= 15 is 0 Å². The molecule has 2 aromatic carbocycles. The van der Waals surface area contributed by atoms with E-state index < -0.39 is 0 Å². The van der Waals surface area contributed by atoms with Crippen LogP contribution in [0.4, 0.5) is 5.82 Å². The van der Waals surface area contributed by atoms with Crippen molar-refractivity contribution in [1.29, 1.82) is 5.26 Å². The van der Waals surface area contributed by atoms with Gasteiger partial charge in [0.05, 0.1) is 11.4 Å². The van der Waals surface area contributed by atoms with Crippen LogP contribution in [0.3, 0.4) is 0 Å². The van der Waals surface area contributed by atoms with Gasteiger partial charge in [-0.3, -0.25) is 0 Å². The molecule has 3 aromatic rings. The van der Waals surface area contributed by atoms with Gasteiger partial charge in [-0.05, 0) is 24.3 Å². The quantitative estimate of drug-likeness (QED) is 0.753. The molecule has 0 aliphatic rings. The van der Waals surface area contributed by atoms with Crippen molar-refractivity contribution in [1.82, 2.24) is 9.78 Å². The van der Waals surface area contributed by atoms with E-state index in [1.165, 1.54) is 0 Å². The van der Waals surface area contributed by atoms with Crippen LogP contribution in [-0.4, -0.2) is 14.9 Å². The second-order valence-corrected chi connectivity index (χ2v) is 4.49. The second-order valence-electron chi connectivity index (χ2n) is 4.49. The van der Waals surface area contributed by atoms with Crippen LogP contribution in [-0.2, 0) is 0 Å². The van der Waals surface area contributed by atoms with Crippen LogP contribution in [0, 0.1) is 11.3 Å². The van der Waals surface area contributed by atoms with Gasteiger partial charge in [-0.15, -0.1) is 5.10 Å². The minimum Gasteiger partial charge on any atom is -0.507 e. The summed E-state index contributed by atoms with van der Waals surface area (Å²) in [5, 5.41) is 23.6. The number of nitrogens with zero attached hydrogens (tertiary/aromatic N) is 3. The van der Waals surface area contributed by atoms with Crippen molar-refractivity contribution in [3.63, 3.8) is 0 Å². The Kier molecular flexibility index (Phi) is 3.05. The maximum atomic E-state index is 10.1. The molecule has 0 saturated carbocycles. The van der Waals surface area contributed by atoms with E-state index in [4.69, 9.17) is 5.73 Å². The third-order valence-corrected chi connectivity index (χ3v) is 3.18. The minimum atomic E-state index is 0.0751. The third-order valence-electron chi connectivity index (χ3n) is 3.18. The number of rotatable bonds is 2. The largest absolute Gasteiger partial charge is 0.507 e. The van der Waals surface area contributed by atoms with Crippen molar-refractivity contribution in [2.75, 3.05) is 5.73 Å². The highest BCUT2D eigenvalue weighted by molar-refractivity contribution is 5.78. The Balaban J connectivity index is 2.34. The molecule has 3 rings (SSSR count). The first-order chi connectivity index (χ1) is 10.2. The van der Waals surface area contributed by atoms with Crippen molar-refractivity contribution < 1.29 is 5.11 Å². The topological polar surface area (TPSA) is 87.9 Å². The summed E-state index contributed by atoms with van der Waals surface area (Å²) in [5.41, 5.74) is 7.86. The normalized spacial score (nSPS) is 10.2. The zero-order valence-corrected chi connectivity index (χ0v) is 11.1. The number of anilines is 1. The number of hydrogen-bond acceptors (Lipinski definition) is 4. The number of aromatic nitrogens is 2. The summed E-state index contributed by atoms with van der Waals surface area (Å²) in [5.74, 6) is 0.214. The van der Waals surface area contributed by atoms with Crippen molar-refractivity contribution in [2.24, 2.45) is 0 Å². The monoisotopic (exact) mass is 276 g/mol. The molecule has 102 valence electrons. The van der Waals surface area contributed by atoms with E-state index in [0.717, 1.165) is 5.69 Å². The van der Waals surface area contributed by atoms with Gasteiger partial charge in [0.1, 0.15) is 17.4 Å². The van der Waals surface area contributed by atoms with E-state index in [9.17, 15) is 10.4 Å². The molecule has 5 nitrogen and oxygen atoms in total. The number of phenols is 1. The molecule has 5 heteroatoms. The van der Waals surface area contributed by atoms with Gasteiger partial charge in [-0.25, -0.2) is 4.68 Å². The number of para-hydroxylation sites is 2. The lowest BCUT2D eigenvalue weighted by Gasteiger charge is -2.09. The third kappa shape index (κ3) is 2.09. The van der Waals surface area contributed by atoms with E-state index in [2.05, 4.69) is 11.2 Å². The van der Waals surface area contributed by atoms with Gasteiger partial charge in [0, 0.05) is 5.56 Å². The van der Waals surface area contributed by atoms with E-state index in [-0.39, 0.29) is 17.1 Å². The molecular formula is C16H12N4O. The average molecular weight is 276 g/mol. The number of nitrogen functional groups attached to an aromatic ring is 1. The number of phenolic OH excluding ortho intramolecular Hbond substituents is 1. The van der Waals surface area contributed by atoms with E-state index in [1.807, 2.05) is 30.3 Å². The van der Waals surface area contributed by atoms with Gasteiger partial charge < -0.3 is 10.8 Å². The highest BCUT2D eigenvalue weighted by Gasteiger charge is 2.20. The first-order valence-corrected chi connectivity index (χ1v) is 6.34. The Morgan fingerprint density at radius 3 is 2.38 bits per heavy atom. The number of hydrogen-bond donors (Lipinski definition) is 2. The van der Waals surface area contributed by atoms with Crippen LogP contribution in [0.15, 0.2) is 54.6 Å². The molecule has 1 aromatic heterocycles. The summed E-state index contributed by atoms with van der Waals surface area (Å²) in [6.45, 7) is 0. The maximum absolute atomic E-state index is 10.1. The molecule has 0 bridgehead atoms. The van der Waals surface area contributed by atoms with Crippen LogP contribution >= 0.6 is 0 Å². The highest BCUT2D eigenvalue weighted by Crippen LogP contribution is 2.35. The summed E-state index contributed by atoms with van der Waals surface area (Å²) in [6.07, 6.45) is 0. The Hall–Kier alpha value is -3.26. The lowest BCUT2D eigenvalue weighted by atomic mass is 10.1. The summed E-state index contributed by atoms with van der Waals surface area (Å²) in [7, 11) is 0. The average Bonchev–Trinajstić information content (AvgIpc) is 2.85. The van der Waals surface area contributed by atoms with Crippen LogP contribution in [0.25, 0.3) is 16.9 Å². The highest BCUT2D eigenvalue weighted by atomic mass is 16.3. The Morgan fingerprint density at radius 1 is 1.05 bits per heavy atom. The molecule has 1 heterocycles. The molecule has 0 saturated heterocycles. The number of aromatic hydroxyl groups is 1. The number of nitriles is 1. The van der Waals surface area contributed by atoms with Crippen LogP contribution in [0.1, 0.15) is 5.56 Å². The Bertz CT molecular complexity index is 831. The smallest absolute Gasteiger partial charge is 0.164 e. The summed E-state index contributed by atoms with van der Waals surface area (Å²) >= 11 is 0. The molecule has 0 fully saturated rings. The summed E-state index contributed by atoms with van der Waals surface area (Å²) in [4.78, 5) is 0. The fraction of sp³-hybridized carbons (Fsp3) is 0. The molecular weight excluding hydrogens is 264 g/mol. The van der Waals surface area contributed by atoms with Gasteiger partial charge >= 0.3 is 0 Å². The van der Waals surface area contributed by atoms with Gasteiger partial charge in [0.15, 0.2) is 5.82 Å². The lowest BCUT2D eigenvalue weighted by Crippen LogP contribution is -1.99. The first-order valence-electron chi connectivity index (χ1n) is 6.34. The summed E-state index contributed by atoms with van der Waals surface area (Å²) in [6, 6.07) is 18.2. The standard InChI is InChI=1S/C16H12N4O/c17-10-13-15(12-8-4-5-9-14(12)21)20(19-16(13)18)11-6-2-1-3-7-11/h1-9,21H,(H2,18,19). The van der Waals surface area contributed by atoms with Crippen molar-refractivity contribution in [2.45, 2.75) is 0 Å². The zero-order valence-electron chi connectivity index (χ0n) is 11.1. The Morgan fingerprint density at radius 2 is 1.71 bits per heavy atom. The fourth-order valence-corrected chi connectivity index (χ4v) is 2.22. The maximum Gasteiger partial charge on any atom is 0.164 e. The molecule has 0 aliphatic heterocycles. The second kappa shape index (κ2) is 5.02. The van der Waals surface area contributed by atoms with Gasteiger partial charge in [0.2, 0.25) is 0 Å². The van der Waals surface area contributed by atoms with E-state index in [1.54, 1.807) is 28.9 Å². The van der Waals surface area contributed by atoms with Crippen molar-refractivity contribution >= 4 is 5.82 Å². The predicted octanol–water partition coefficient (Wildman–Crippen LogP) is 2.70. The van der Waals surface area contributed by atoms with Crippen LogP contribution < -0.4 is 5.73 Å². The SMILES string of the molecule is N#Cc1c(N)nn(-c2ccccc2)c1-c1ccccc1O. The fourth-order valence-electron chi connectivity index (χ4n) is 2.22. The van der Waals surface area contributed by atoms with Crippen molar-refractivity contribution in [3.05, 3.63) is 60.2 Å². The number of benzene rings is 2. The van der Waals surface area contributed by atoms with Gasteiger partial charge in [0.25, 0.3) is 0 Å². The molecule has 0 atom stereocenters. The molecule has 0 spiro atoms. The van der Waals surface area contributed by atoms with Crippen molar-refractivity contribution in [3.8, 4) is 28.8 Å². The summed E-state index contributed by atoms with van der Waals surface area (Å²) < 4.78 is 1.57. The predicted molar refractivity (Wildman–Crippen MR) is 79.8 cm³/mol.